The van der Waals surface area contributed by atoms with Gasteiger partial charge in [-0.25, -0.2) is 4.79 Å². The lowest BCUT2D eigenvalue weighted by molar-refractivity contribution is 0.0535. The van der Waals surface area contributed by atoms with Crippen LogP contribution in [0.5, 0.6) is 0 Å². The Hall–Kier alpha value is -2.86. The van der Waals surface area contributed by atoms with Gasteiger partial charge in [0.05, 0.1) is 17.8 Å². The second kappa shape index (κ2) is 5.60. The van der Waals surface area contributed by atoms with Crippen molar-refractivity contribution in [2.24, 2.45) is 0 Å². The van der Waals surface area contributed by atoms with Gasteiger partial charge in [0.15, 0.2) is 0 Å². The van der Waals surface area contributed by atoms with E-state index in [1.54, 1.807) is 6.26 Å². The number of fused-ring (bicyclic) bond motifs is 2. The summed E-state index contributed by atoms with van der Waals surface area (Å²) in [6, 6.07) is 9.68. The fourth-order valence-corrected chi connectivity index (χ4v) is 3.44. The van der Waals surface area contributed by atoms with E-state index in [1.807, 2.05) is 30.3 Å². The topological polar surface area (TPSA) is 68.7 Å². The molecule has 0 spiro atoms. The van der Waals surface area contributed by atoms with Crippen LogP contribution in [-0.2, 0) is 30.9 Å². The predicted octanol–water partition coefficient (Wildman–Crippen LogP) is 3.16. The van der Waals surface area contributed by atoms with Gasteiger partial charge < -0.3 is 13.7 Å². The molecule has 0 saturated carbocycles. The van der Waals surface area contributed by atoms with Crippen molar-refractivity contribution >= 4 is 5.97 Å². The average molecular weight is 336 g/mol. The highest BCUT2D eigenvalue weighted by Crippen LogP contribution is 2.29. The third kappa shape index (κ3) is 2.55. The molecule has 3 aromatic rings. The molecule has 0 saturated heterocycles. The van der Waals surface area contributed by atoms with Crippen molar-refractivity contribution in [1.82, 2.24) is 10.1 Å². The van der Waals surface area contributed by atoms with Crippen molar-refractivity contribution in [3.05, 3.63) is 64.7 Å². The average Bonchev–Trinajstić information content (AvgIpc) is 3.35. The summed E-state index contributed by atoms with van der Waals surface area (Å²) < 4.78 is 16.1. The summed E-state index contributed by atoms with van der Waals surface area (Å²) in [5.41, 5.74) is 4.66. The van der Waals surface area contributed by atoms with E-state index in [4.69, 9.17) is 13.7 Å². The first-order valence-electron chi connectivity index (χ1n) is 8.30. The number of ether oxygens (including phenoxy) is 1. The molecule has 0 bridgehead atoms. The molecule has 5 rings (SSSR count). The van der Waals surface area contributed by atoms with Crippen LogP contribution in [-0.4, -0.2) is 22.6 Å². The SMILES string of the molecule is O=C1OCc2ccc(-c3ccc(CN4CCc5nocc5C4)o3)cc21. The number of benzene rings is 1. The summed E-state index contributed by atoms with van der Waals surface area (Å²) in [6.07, 6.45) is 2.62. The zero-order valence-electron chi connectivity index (χ0n) is 13.5. The predicted molar refractivity (Wildman–Crippen MR) is 87.6 cm³/mol. The van der Waals surface area contributed by atoms with Crippen LogP contribution in [0.1, 0.15) is 32.9 Å². The Labute approximate surface area is 144 Å². The Bertz CT molecular complexity index is 956. The van der Waals surface area contributed by atoms with Crippen molar-refractivity contribution in [3.8, 4) is 11.3 Å². The molecule has 0 atom stereocenters. The Morgan fingerprint density at radius 3 is 3.08 bits per heavy atom. The highest BCUT2D eigenvalue weighted by molar-refractivity contribution is 5.94. The monoisotopic (exact) mass is 336 g/mol. The van der Waals surface area contributed by atoms with E-state index in [2.05, 4.69) is 10.1 Å². The second-order valence-electron chi connectivity index (χ2n) is 6.46. The lowest BCUT2D eigenvalue weighted by Gasteiger charge is -2.24. The van der Waals surface area contributed by atoms with E-state index in [-0.39, 0.29) is 5.97 Å². The molecule has 0 radical (unpaired) electrons. The minimum absolute atomic E-state index is 0.263. The molecule has 126 valence electrons. The molecule has 0 amide bonds. The number of furan rings is 1. The number of hydrogen-bond donors (Lipinski definition) is 0. The quantitative estimate of drug-likeness (QED) is 0.684. The molecule has 1 aromatic carbocycles. The van der Waals surface area contributed by atoms with Crippen molar-refractivity contribution in [2.45, 2.75) is 26.1 Å². The Morgan fingerprint density at radius 2 is 2.12 bits per heavy atom. The minimum Gasteiger partial charge on any atom is -0.460 e. The molecule has 2 aliphatic rings. The molecule has 0 unspecified atom stereocenters. The largest absolute Gasteiger partial charge is 0.460 e. The standard InChI is InChI=1S/C19H16N2O4/c22-19-16-7-12(1-2-13(16)10-23-19)18-4-3-15(25-18)9-21-6-5-17-14(8-21)11-24-20-17/h1-4,7,11H,5-6,8-10H2. The van der Waals surface area contributed by atoms with Crippen molar-refractivity contribution in [2.75, 3.05) is 6.54 Å². The number of carbonyl (C=O) groups excluding carboxylic acids is 1. The molecule has 2 aromatic heterocycles. The maximum atomic E-state index is 11.7. The molecule has 4 heterocycles. The summed E-state index contributed by atoms with van der Waals surface area (Å²) in [5, 5.41) is 4.01. The maximum Gasteiger partial charge on any atom is 0.338 e. The molecular weight excluding hydrogens is 320 g/mol. The number of carbonyl (C=O) groups is 1. The third-order valence-corrected chi connectivity index (χ3v) is 4.80. The van der Waals surface area contributed by atoms with Crippen LogP contribution >= 0.6 is 0 Å². The summed E-state index contributed by atoms with van der Waals surface area (Å²) in [6.45, 7) is 2.84. The van der Waals surface area contributed by atoms with Crippen LogP contribution in [0.15, 0.2) is 45.5 Å². The first-order chi connectivity index (χ1) is 12.3. The van der Waals surface area contributed by atoms with E-state index in [0.29, 0.717) is 12.2 Å². The van der Waals surface area contributed by atoms with Gasteiger partial charge in [-0.3, -0.25) is 4.90 Å². The molecule has 0 N–H and O–H groups in total. The van der Waals surface area contributed by atoms with Crippen LogP contribution in [0.4, 0.5) is 0 Å². The van der Waals surface area contributed by atoms with Crippen molar-refractivity contribution < 1.29 is 18.5 Å². The first kappa shape index (κ1) is 14.5. The van der Waals surface area contributed by atoms with Crippen LogP contribution in [0.2, 0.25) is 0 Å². The molecule has 6 heteroatoms. The van der Waals surface area contributed by atoms with Crippen LogP contribution < -0.4 is 0 Å². The fraction of sp³-hybridized carbons (Fsp3) is 0.263. The summed E-state index contributed by atoms with van der Waals surface area (Å²) in [4.78, 5) is 14.0. The normalized spacial score (nSPS) is 16.6. The zero-order valence-corrected chi connectivity index (χ0v) is 13.5. The van der Waals surface area contributed by atoms with Crippen LogP contribution in [0, 0.1) is 0 Å². The Morgan fingerprint density at radius 1 is 1.16 bits per heavy atom. The van der Waals surface area contributed by atoms with Gasteiger partial charge in [-0.15, -0.1) is 0 Å². The molecule has 6 nitrogen and oxygen atoms in total. The lowest BCUT2D eigenvalue weighted by Crippen LogP contribution is -2.29. The highest BCUT2D eigenvalue weighted by atomic mass is 16.5. The highest BCUT2D eigenvalue weighted by Gasteiger charge is 2.23. The third-order valence-electron chi connectivity index (χ3n) is 4.80. The van der Waals surface area contributed by atoms with Gasteiger partial charge in [-0.1, -0.05) is 17.3 Å². The molecule has 0 aliphatic carbocycles. The van der Waals surface area contributed by atoms with Crippen LogP contribution in [0.25, 0.3) is 11.3 Å². The Kier molecular flexibility index (Phi) is 3.24. The van der Waals surface area contributed by atoms with E-state index >= 15 is 0 Å². The van der Waals surface area contributed by atoms with E-state index in [9.17, 15) is 4.79 Å². The minimum atomic E-state index is -0.263. The van der Waals surface area contributed by atoms with Gasteiger partial charge in [0.25, 0.3) is 0 Å². The first-order valence-corrected chi connectivity index (χ1v) is 8.30. The second-order valence-corrected chi connectivity index (χ2v) is 6.46. The number of rotatable bonds is 3. The Balaban J connectivity index is 1.34. The fourth-order valence-electron chi connectivity index (χ4n) is 3.44. The number of hydrogen-bond acceptors (Lipinski definition) is 6. The van der Waals surface area contributed by atoms with Gasteiger partial charge in [-0.2, -0.15) is 0 Å². The number of aromatic nitrogens is 1. The van der Waals surface area contributed by atoms with Gasteiger partial charge in [0, 0.05) is 36.2 Å². The molecule has 25 heavy (non-hydrogen) atoms. The van der Waals surface area contributed by atoms with E-state index in [0.717, 1.165) is 60.0 Å². The van der Waals surface area contributed by atoms with Crippen LogP contribution in [0.3, 0.4) is 0 Å². The van der Waals surface area contributed by atoms with Gasteiger partial charge in [0.1, 0.15) is 24.4 Å². The van der Waals surface area contributed by atoms with Gasteiger partial charge >= 0.3 is 5.97 Å². The lowest BCUT2D eigenvalue weighted by atomic mass is 10.0. The van der Waals surface area contributed by atoms with Gasteiger partial charge in [-0.05, 0) is 18.2 Å². The maximum absolute atomic E-state index is 11.7. The zero-order chi connectivity index (χ0) is 16.8. The van der Waals surface area contributed by atoms with E-state index in [1.165, 1.54) is 0 Å². The number of nitrogens with zero attached hydrogens (tertiary/aromatic N) is 2. The van der Waals surface area contributed by atoms with E-state index < -0.39 is 0 Å². The van der Waals surface area contributed by atoms with Crippen molar-refractivity contribution in [3.63, 3.8) is 0 Å². The number of cyclic esters (lactones) is 1. The molecule has 2 aliphatic heterocycles. The molecule has 0 fully saturated rings. The summed E-state index contributed by atoms with van der Waals surface area (Å²) in [7, 11) is 0. The summed E-state index contributed by atoms with van der Waals surface area (Å²) >= 11 is 0. The van der Waals surface area contributed by atoms with Crippen molar-refractivity contribution in [1.29, 1.82) is 0 Å². The summed E-state index contributed by atoms with van der Waals surface area (Å²) in [5.74, 6) is 1.40. The number of esters is 1. The van der Waals surface area contributed by atoms with Gasteiger partial charge in [0.2, 0.25) is 0 Å². The smallest absolute Gasteiger partial charge is 0.338 e. The molecular formula is C19H16N2O4.